The lowest BCUT2D eigenvalue weighted by atomic mass is 9.76. The monoisotopic (exact) mass is 312 g/mol. The SMILES string of the molecule is C=C1c2cc(Br)c(F)cc2OC2(C)CCOCC12. The van der Waals surface area contributed by atoms with E-state index in [9.17, 15) is 4.39 Å². The first-order valence-electron chi connectivity index (χ1n) is 5.96. The quantitative estimate of drug-likeness (QED) is 0.725. The van der Waals surface area contributed by atoms with Crippen molar-refractivity contribution in [3.8, 4) is 5.75 Å². The summed E-state index contributed by atoms with van der Waals surface area (Å²) in [5.74, 6) is 0.410. The van der Waals surface area contributed by atoms with Crippen molar-refractivity contribution in [2.45, 2.75) is 18.9 Å². The van der Waals surface area contributed by atoms with Crippen LogP contribution in [0.25, 0.3) is 5.57 Å². The Bertz CT molecular complexity index is 529. The van der Waals surface area contributed by atoms with Gasteiger partial charge in [0.25, 0.3) is 0 Å². The molecule has 18 heavy (non-hydrogen) atoms. The number of fused-ring (bicyclic) bond motifs is 2. The summed E-state index contributed by atoms with van der Waals surface area (Å²) in [6, 6.07) is 3.17. The summed E-state index contributed by atoms with van der Waals surface area (Å²) >= 11 is 3.20. The second kappa shape index (κ2) is 4.07. The molecule has 2 aliphatic heterocycles. The Labute approximate surface area is 114 Å². The standard InChI is InChI=1S/C14H14BrFO2/c1-8-9-5-11(15)12(16)6-13(9)18-14(2)3-4-17-7-10(8)14/h5-6,10H,1,3-4,7H2,2H3. The third-order valence-corrected chi connectivity index (χ3v) is 4.50. The Kier molecular flexibility index (Phi) is 2.75. The van der Waals surface area contributed by atoms with Crippen LogP contribution in [-0.4, -0.2) is 18.8 Å². The molecule has 0 aromatic heterocycles. The van der Waals surface area contributed by atoms with Crippen LogP contribution in [0, 0.1) is 11.7 Å². The third kappa shape index (κ3) is 1.70. The average molecular weight is 313 g/mol. The maximum atomic E-state index is 13.6. The van der Waals surface area contributed by atoms with E-state index >= 15 is 0 Å². The van der Waals surface area contributed by atoms with Crippen LogP contribution >= 0.6 is 15.9 Å². The van der Waals surface area contributed by atoms with Gasteiger partial charge in [0, 0.05) is 24.0 Å². The van der Waals surface area contributed by atoms with E-state index in [4.69, 9.17) is 9.47 Å². The average Bonchev–Trinajstić information content (AvgIpc) is 2.32. The van der Waals surface area contributed by atoms with Crippen molar-refractivity contribution >= 4 is 21.5 Å². The van der Waals surface area contributed by atoms with Crippen LogP contribution in [0.3, 0.4) is 0 Å². The fourth-order valence-corrected chi connectivity index (χ4v) is 3.06. The zero-order valence-electron chi connectivity index (χ0n) is 10.1. The van der Waals surface area contributed by atoms with Crippen LogP contribution in [0.1, 0.15) is 18.9 Å². The number of hydrogen-bond acceptors (Lipinski definition) is 2. The van der Waals surface area contributed by atoms with Gasteiger partial charge in [0.05, 0.1) is 17.7 Å². The van der Waals surface area contributed by atoms with E-state index in [0.717, 1.165) is 17.6 Å². The van der Waals surface area contributed by atoms with Crippen molar-refractivity contribution in [1.82, 2.24) is 0 Å². The first-order valence-corrected chi connectivity index (χ1v) is 6.75. The molecular formula is C14H14BrFO2. The normalized spacial score (nSPS) is 30.4. The maximum Gasteiger partial charge on any atom is 0.141 e. The molecule has 1 saturated heterocycles. The van der Waals surface area contributed by atoms with Gasteiger partial charge in [-0.2, -0.15) is 0 Å². The lowest BCUT2D eigenvalue weighted by Crippen LogP contribution is -2.50. The molecule has 0 N–H and O–H groups in total. The molecule has 1 aromatic carbocycles. The van der Waals surface area contributed by atoms with Gasteiger partial charge in [0.1, 0.15) is 17.2 Å². The molecule has 1 fully saturated rings. The summed E-state index contributed by atoms with van der Waals surface area (Å²) in [4.78, 5) is 0. The lowest BCUT2D eigenvalue weighted by molar-refractivity contribution is -0.0686. The van der Waals surface area contributed by atoms with Crippen molar-refractivity contribution in [3.05, 3.63) is 34.6 Å². The highest BCUT2D eigenvalue weighted by Crippen LogP contribution is 2.47. The molecule has 0 spiro atoms. The molecule has 0 amide bonds. The minimum Gasteiger partial charge on any atom is -0.486 e. The Balaban J connectivity index is 2.12. The highest BCUT2D eigenvalue weighted by atomic mass is 79.9. The van der Waals surface area contributed by atoms with Gasteiger partial charge in [0.15, 0.2) is 0 Å². The van der Waals surface area contributed by atoms with Crippen molar-refractivity contribution < 1.29 is 13.9 Å². The predicted octanol–water partition coefficient (Wildman–Crippen LogP) is 3.79. The highest BCUT2D eigenvalue weighted by Gasteiger charge is 2.45. The third-order valence-electron chi connectivity index (χ3n) is 3.90. The van der Waals surface area contributed by atoms with Crippen molar-refractivity contribution in [2.75, 3.05) is 13.2 Å². The summed E-state index contributed by atoms with van der Waals surface area (Å²) < 4.78 is 25.6. The fraction of sp³-hybridized carbons (Fsp3) is 0.429. The maximum absolute atomic E-state index is 13.6. The minimum atomic E-state index is -0.331. The Morgan fingerprint density at radius 2 is 2.28 bits per heavy atom. The van der Waals surface area contributed by atoms with Crippen molar-refractivity contribution in [2.24, 2.45) is 5.92 Å². The number of benzene rings is 1. The van der Waals surface area contributed by atoms with E-state index in [2.05, 4.69) is 22.5 Å². The first kappa shape index (κ1) is 12.2. The predicted molar refractivity (Wildman–Crippen MR) is 71.1 cm³/mol. The number of rotatable bonds is 0. The molecule has 2 unspecified atom stereocenters. The van der Waals surface area contributed by atoms with Crippen LogP contribution in [-0.2, 0) is 4.74 Å². The van der Waals surface area contributed by atoms with Gasteiger partial charge in [-0.3, -0.25) is 0 Å². The van der Waals surface area contributed by atoms with E-state index in [-0.39, 0.29) is 17.3 Å². The van der Waals surface area contributed by atoms with E-state index in [1.54, 1.807) is 6.07 Å². The molecule has 0 aliphatic carbocycles. The zero-order valence-corrected chi connectivity index (χ0v) is 11.7. The summed E-state index contributed by atoms with van der Waals surface area (Å²) in [6.45, 7) is 7.49. The molecule has 2 atom stereocenters. The van der Waals surface area contributed by atoms with E-state index < -0.39 is 0 Å². The molecule has 96 valence electrons. The largest absolute Gasteiger partial charge is 0.486 e. The molecule has 3 rings (SSSR count). The molecule has 2 heterocycles. The van der Waals surface area contributed by atoms with E-state index in [1.807, 2.05) is 6.92 Å². The number of ether oxygens (including phenoxy) is 2. The highest BCUT2D eigenvalue weighted by molar-refractivity contribution is 9.10. The molecular weight excluding hydrogens is 299 g/mol. The van der Waals surface area contributed by atoms with Gasteiger partial charge in [-0.1, -0.05) is 6.58 Å². The molecule has 4 heteroatoms. The molecule has 0 saturated carbocycles. The van der Waals surface area contributed by atoms with Crippen molar-refractivity contribution in [1.29, 1.82) is 0 Å². The van der Waals surface area contributed by atoms with Crippen LogP contribution in [0.4, 0.5) is 4.39 Å². The van der Waals surface area contributed by atoms with Gasteiger partial charge >= 0.3 is 0 Å². The Hall–Kier alpha value is -0.870. The Morgan fingerprint density at radius 1 is 1.50 bits per heavy atom. The van der Waals surface area contributed by atoms with Gasteiger partial charge in [-0.25, -0.2) is 4.39 Å². The van der Waals surface area contributed by atoms with Gasteiger partial charge < -0.3 is 9.47 Å². The smallest absolute Gasteiger partial charge is 0.141 e. The zero-order chi connectivity index (χ0) is 12.9. The van der Waals surface area contributed by atoms with Crippen LogP contribution in [0.2, 0.25) is 0 Å². The second-order valence-corrected chi connectivity index (χ2v) is 5.93. The lowest BCUT2D eigenvalue weighted by Gasteiger charge is -2.46. The molecule has 0 radical (unpaired) electrons. The fourth-order valence-electron chi connectivity index (χ4n) is 2.72. The second-order valence-electron chi connectivity index (χ2n) is 5.08. The van der Waals surface area contributed by atoms with Gasteiger partial charge in [-0.15, -0.1) is 0 Å². The van der Waals surface area contributed by atoms with E-state index in [1.165, 1.54) is 6.07 Å². The molecule has 2 aliphatic rings. The van der Waals surface area contributed by atoms with E-state index in [0.29, 0.717) is 23.4 Å². The van der Waals surface area contributed by atoms with Crippen LogP contribution in [0.5, 0.6) is 5.75 Å². The van der Waals surface area contributed by atoms with Crippen LogP contribution in [0.15, 0.2) is 23.2 Å². The van der Waals surface area contributed by atoms with Crippen molar-refractivity contribution in [3.63, 3.8) is 0 Å². The number of halogens is 2. The summed E-state index contributed by atoms with van der Waals surface area (Å²) in [5.41, 5.74) is 1.51. The minimum absolute atomic E-state index is 0.135. The number of hydrogen-bond donors (Lipinski definition) is 0. The first-order chi connectivity index (χ1) is 8.51. The molecule has 2 nitrogen and oxygen atoms in total. The summed E-state index contributed by atoms with van der Waals surface area (Å²) in [7, 11) is 0. The molecule has 0 bridgehead atoms. The van der Waals surface area contributed by atoms with Crippen LogP contribution < -0.4 is 4.74 Å². The molecule has 1 aromatic rings. The summed E-state index contributed by atoms with van der Waals surface area (Å²) in [6.07, 6.45) is 0.799. The van der Waals surface area contributed by atoms with Gasteiger partial charge in [0.2, 0.25) is 0 Å². The Morgan fingerprint density at radius 3 is 3.06 bits per heavy atom. The summed E-state index contributed by atoms with van der Waals surface area (Å²) in [5, 5.41) is 0. The topological polar surface area (TPSA) is 18.5 Å². The van der Waals surface area contributed by atoms with Gasteiger partial charge in [-0.05, 0) is 34.5 Å².